The molecular formula is C12H6F5NO3. The molecule has 0 saturated heterocycles. The number of aromatic nitrogens is 1. The van der Waals surface area contributed by atoms with E-state index in [0.717, 1.165) is 7.11 Å². The Hall–Kier alpha value is -2.45. The number of nitrogens with zero attached hydrogens (tertiary/aromatic N) is 1. The van der Waals surface area contributed by atoms with Gasteiger partial charge in [-0.05, 0) is 6.92 Å². The molecule has 0 atom stereocenters. The molecule has 0 N–H and O–H groups in total. The second-order valence-electron chi connectivity index (χ2n) is 3.90. The maximum Gasteiger partial charge on any atom is 0.343 e. The Bertz CT molecular complexity index is 712. The van der Waals surface area contributed by atoms with Crippen molar-refractivity contribution in [3.8, 4) is 11.3 Å². The lowest BCUT2D eigenvalue weighted by atomic mass is 10.0. The van der Waals surface area contributed by atoms with E-state index >= 15 is 0 Å². The largest absolute Gasteiger partial charge is 0.465 e. The van der Waals surface area contributed by atoms with Crippen molar-refractivity contribution in [2.45, 2.75) is 6.92 Å². The molecule has 0 radical (unpaired) electrons. The van der Waals surface area contributed by atoms with E-state index in [1.165, 1.54) is 6.92 Å². The molecule has 4 nitrogen and oxygen atoms in total. The molecule has 21 heavy (non-hydrogen) atoms. The van der Waals surface area contributed by atoms with Gasteiger partial charge in [-0.25, -0.2) is 26.7 Å². The molecule has 0 fully saturated rings. The molecule has 0 saturated carbocycles. The quantitative estimate of drug-likeness (QED) is 0.370. The molecule has 0 aliphatic rings. The first kappa shape index (κ1) is 14.9. The number of methoxy groups -OCH3 is 1. The average molecular weight is 307 g/mol. The number of carbonyl (C=O) groups excluding carboxylic acids is 1. The van der Waals surface area contributed by atoms with Gasteiger partial charge in [-0.3, -0.25) is 0 Å². The number of aryl methyl sites for hydroxylation is 1. The standard InChI is InChI=1S/C12H6F5NO3/c1-3-4(12(19)20-2)11(18-21-3)5-6(13)8(15)10(17)9(16)7(5)14/h1-2H3. The number of carbonyl (C=O) groups is 1. The number of hydrogen-bond acceptors (Lipinski definition) is 4. The topological polar surface area (TPSA) is 52.3 Å². The highest BCUT2D eigenvalue weighted by Gasteiger charge is 2.32. The van der Waals surface area contributed by atoms with Gasteiger partial charge in [-0.1, -0.05) is 5.16 Å². The number of esters is 1. The van der Waals surface area contributed by atoms with Crippen molar-refractivity contribution in [3.63, 3.8) is 0 Å². The number of benzene rings is 1. The van der Waals surface area contributed by atoms with Crippen LogP contribution in [0.5, 0.6) is 0 Å². The molecule has 112 valence electrons. The summed E-state index contributed by atoms with van der Waals surface area (Å²) in [5.74, 6) is -12.1. The van der Waals surface area contributed by atoms with Crippen LogP contribution in [0.25, 0.3) is 11.3 Å². The molecule has 9 heteroatoms. The molecule has 1 aromatic heterocycles. The summed E-state index contributed by atoms with van der Waals surface area (Å²) in [5.41, 5.74) is -2.71. The normalized spacial score (nSPS) is 10.8. The molecule has 0 spiro atoms. The van der Waals surface area contributed by atoms with Gasteiger partial charge in [0.2, 0.25) is 5.82 Å². The van der Waals surface area contributed by atoms with Crippen LogP contribution in [-0.4, -0.2) is 18.2 Å². The summed E-state index contributed by atoms with van der Waals surface area (Å²) in [6.45, 7) is 1.22. The van der Waals surface area contributed by atoms with Gasteiger partial charge in [-0.15, -0.1) is 0 Å². The van der Waals surface area contributed by atoms with Crippen molar-refractivity contribution in [2.24, 2.45) is 0 Å². The van der Waals surface area contributed by atoms with E-state index in [1.807, 2.05) is 0 Å². The molecule has 2 rings (SSSR count). The third kappa shape index (κ3) is 2.14. The van der Waals surface area contributed by atoms with Crippen LogP contribution in [0.2, 0.25) is 0 Å². The molecular weight excluding hydrogens is 301 g/mol. The monoisotopic (exact) mass is 307 g/mol. The van der Waals surface area contributed by atoms with Crippen molar-refractivity contribution in [2.75, 3.05) is 7.11 Å². The van der Waals surface area contributed by atoms with Crippen molar-refractivity contribution < 1.29 is 36.0 Å². The zero-order chi connectivity index (χ0) is 15.9. The number of ether oxygens (including phenoxy) is 1. The fourth-order valence-electron chi connectivity index (χ4n) is 1.70. The van der Waals surface area contributed by atoms with Gasteiger partial charge in [-0.2, -0.15) is 0 Å². The predicted molar refractivity (Wildman–Crippen MR) is 57.8 cm³/mol. The van der Waals surface area contributed by atoms with E-state index in [0.29, 0.717) is 0 Å². The van der Waals surface area contributed by atoms with Crippen LogP contribution in [0.1, 0.15) is 16.1 Å². The molecule has 0 unspecified atom stereocenters. The maximum absolute atomic E-state index is 13.7. The number of hydrogen-bond donors (Lipinski definition) is 0. The van der Waals surface area contributed by atoms with Crippen LogP contribution in [0, 0.1) is 36.0 Å². The summed E-state index contributed by atoms with van der Waals surface area (Å²) < 4.78 is 75.6. The van der Waals surface area contributed by atoms with E-state index in [4.69, 9.17) is 0 Å². The first-order valence-electron chi connectivity index (χ1n) is 5.37. The molecule has 0 bridgehead atoms. The first-order chi connectivity index (χ1) is 9.81. The van der Waals surface area contributed by atoms with Crippen molar-refractivity contribution in [1.29, 1.82) is 0 Å². The Morgan fingerprint density at radius 1 is 1.00 bits per heavy atom. The highest BCUT2D eigenvalue weighted by Crippen LogP contribution is 2.34. The third-order valence-corrected chi connectivity index (χ3v) is 2.70. The third-order valence-electron chi connectivity index (χ3n) is 2.70. The smallest absolute Gasteiger partial charge is 0.343 e. The molecule has 0 aliphatic heterocycles. The minimum atomic E-state index is -2.31. The summed E-state index contributed by atoms with van der Waals surface area (Å²) >= 11 is 0. The Morgan fingerprint density at radius 2 is 1.48 bits per heavy atom. The van der Waals surface area contributed by atoms with E-state index < -0.39 is 51.9 Å². The summed E-state index contributed by atoms with van der Waals surface area (Å²) in [6, 6.07) is 0. The molecule has 2 aromatic rings. The predicted octanol–water partition coefficient (Wildman–Crippen LogP) is 3.13. The van der Waals surface area contributed by atoms with E-state index in [-0.39, 0.29) is 5.76 Å². The van der Waals surface area contributed by atoms with E-state index in [1.54, 1.807) is 0 Å². The van der Waals surface area contributed by atoms with Crippen LogP contribution < -0.4 is 0 Å². The second kappa shape index (κ2) is 5.15. The lowest BCUT2D eigenvalue weighted by Crippen LogP contribution is -2.08. The van der Waals surface area contributed by atoms with Gasteiger partial charge in [0.1, 0.15) is 17.0 Å². The van der Waals surface area contributed by atoms with Crippen molar-refractivity contribution in [3.05, 3.63) is 40.4 Å². The summed E-state index contributed by atoms with van der Waals surface area (Å²) in [4.78, 5) is 11.5. The van der Waals surface area contributed by atoms with Crippen molar-refractivity contribution >= 4 is 5.97 Å². The van der Waals surface area contributed by atoms with Crippen LogP contribution in [0.3, 0.4) is 0 Å². The van der Waals surface area contributed by atoms with Crippen molar-refractivity contribution in [1.82, 2.24) is 5.16 Å². The van der Waals surface area contributed by atoms with Gasteiger partial charge in [0.25, 0.3) is 0 Å². The highest BCUT2D eigenvalue weighted by molar-refractivity contribution is 5.97. The van der Waals surface area contributed by atoms with Gasteiger partial charge in [0, 0.05) is 0 Å². The number of halogens is 5. The van der Waals surface area contributed by atoms with Crippen LogP contribution in [0.4, 0.5) is 22.0 Å². The SMILES string of the molecule is COC(=O)c1c(-c2c(F)c(F)c(F)c(F)c2F)noc1C. The van der Waals surface area contributed by atoms with Crippen LogP contribution in [0.15, 0.2) is 4.52 Å². The fourth-order valence-corrected chi connectivity index (χ4v) is 1.70. The Labute approximate surface area is 114 Å². The first-order valence-corrected chi connectivity index (χ1v) is 5.37. The van der Waals surface area contributed by atoms with Gasteiger partial charge in [0.15, 0.2) is 23.3 Å². The van der Waals surface area contributed by atoms with Gasteiger partial charge >= 0.3 is 5.97 Å². The van der Waals surface area contributed by atoms with E-state index in [9.17, 15) is 26.7 Å². The number of rotatable bonds is 2. The van der Waals surface area contributed by atoms with Crippen LogP contribution in [-0.2, 0) is 4.74 Å². The lowest BCUT2D eigenvalue weighted by molar-refractivity contribution is 0.0599. The zero-order valence-corrected chi connectivity index (χ0v) is 10.6. The Balaban J connectivity index is 2.84. The maximum atomic E-state index is 13.7. The summed E-state index contributed by atoms with van der Waals surface area (Å²) in [6.07, 6.45) is 0. The Kier molecular flexibility index (Phi) is 3.67. The van der Waals surface area contributed by atoms with Gasteiger partial charge < -0.3 is 9.26 Å². The fraction of sp³-hybridized carbons (Fsp3) is 0.167. The Morgan fingerprint density at radius 3 is 1.95 bits per heavy atom. The zero-order valence-electron chi connectivity index (χ0n) is 10.6. The molecule has 0 amide bonds. The highest BCUT2D eigenvalue weighted by atomic mass is 19.2. The minimum absolute atomic E-state index is 0.194. The molecule has 0 aliphatic carbocycles. The average Bonchev–Trinajstić information content (AvgIpc) is 2.84. The molecule has 1 aromatic carbocycles. The second-order valence-corrected chi connectivity index (χ2v) is 3.90. The lowest BCUT2D eigenvalue weighted by Gasteiger charge is -2.07. The summed E-state index contributed by atoms with van der Waals surface area (Å²) in [5, 5.41) is 3.18. The van der Waals surface area contributed by atoms with Gasteiger partial charge in [0.05, 0.1) is 12.7 Å². The summed E-state index contributed by atoms with van der Waals surface area (Å²) in [7, 11) is 0.969. The van der Waals surface area contributed by atoms with Crippen LogP contribution >= 0.6 is 0 Å². The minimum Gasteiger partial charge on any atom is -0.465 e. The van der Waals surface area contributed by atoms with E-state index in [2.05, 4.69) is 14.4 Å². The molecule has 1 heterocycles.